The van der Waals surface area contributed by atoms with E-state index in [-0.39, 0.29) is 30.2 Å². The van der Waals surface area contributed by atoms with Crippen molar-refractivity contribution in [2.24, 2.45) is 0 Å². The van der Waals surface area contributed by atoms with Crippen molar-refractivity contribution in [1.29, 1.82) is 0 Å². The molecular weight excluding hydrogens is 406 g/mol. The number of non-ortho nitro benzene ring substituents is 1. The molecular formula is C21H19N3O5S. The molecule has 0 atom stereocenters. The number of rotatable bonds is 7. The van der Waals surface area contributed by atoms with Crippen LogP contribution in [0.15, 0.2) is 47.8 Å². The highest BCUT2D eigenvalue weighted by Crippen LogP contribution is 2.18. The van der Waals surface area contributed by atoms with Gasteiger partial charge in [-0.3, -0.25) is 14.9 Å². The van der Waals surface area contributed by atoms with E-state index in [2.05, 4.69) is 10.3 Å². The standard InChI is InChI=1S/C21H19N3O5S/c1-13-6-7-14(2)18(8-13)23-19(25)10-20-22-16(12-30-20)11-29-21(26)15-4-3-5-17(9-15)24(27)28/h3-9,12H,10-11H2,1-2H3,(H,23,25). The number of aromatic nitrogens is 1. The number of hydrogen-bond donors (Lipinski definition) is 1. The molecule has 0 aliphatic heterocycles. The summed E-state index contributed by atoms with van der Waals surface area (Å²) < 4.78 is 5.17. The first-order chi connectivity index (χ1) is 14.3. The minimum absolute atomic E-state index is 0.0867. The number of benzene rings is 2. The lowest BCUT2D eigenvalue weighted by Gasteiger charge is -2.08. The summed E-state index contributed by atoms with van der Waals surface area (Å²) in [6.45, 7) is 3.79. The molecule has 154 valence electrons. The second kappa shape index (κ2) is 9.27. The zero-order valence-electron chi connectivity index (χ0n) is 16.4. The number of carbonyl (C=O) groups is 2. The maximum atomic E-state index is 12.3. The third kappa shape index (κ3) is 5.48. The summed E-state index contributed by atoms with van der Waals surface area (Å²) in [5.41, 5.74) is 3.21. The number of anilines is 1. The number of esters is 1. The number of aryl methyl sites for hydroxylation is 2. The monoisotopic (exact) mass is 425 g/mol. The molecule has 9 heteroatoms. The molecule has 0 saturated heterocycles. The van der Waals surface area contributed by atoms with Crippen LogP contribution in [0.1, 0.15) is 32.2 Å². The zero-order chi connectivity index (χ0) is 21.7. The van der Waals surface area contributed by atoms with Crippen molar-refractivity contribution < 1.29 is 19.2 Å². The van der Waals surface area contributed by atoms with Crippen LogP contribution >= 0.6 is 11.3 Å². The van der Waals surface area contributed by atoms with Crippen LogP contribution in [-0.4, -0.2) is 21.8 Å². The molecule has 0 bridgehead atoms. The molecule has 1 amide bonds. The average Bonchev–Trinajstić information content (AvgIpc) is 3.16. The minimum Gasteiger partial charge on any atom is -0.456 e. The van der Waals surface area contributed by atoms with Crippen molar-refractivity contribution in [1.82, 2.24) is 4.98 Å². The molecule has 0 unspecified atom stereocenters. The predicted molar refractivity (Wildman–Crippen MR) is 113 cm³/mol. The fraction of sp³-hybridized carbons (Fsp3) is 0.190. The molecule has 0 aliphatic rings. The number of nitrogens with one attached hydrogen (secondary N) is 1. The normalized spacial score (nSPS) is 10.5. The van der Waals surface area contributed by atoms with Gasteiger partial charge in [0.05, 0.1) is 22.6 Å². The van der Waals surface area contributed by atoms with Gasteiger partial charge in [0.1, 0.15) is 11.6 Å². The SMILES string of the molecule is Cc1ccc(C)c(NC(=O)Cc2nc(COC(=O)c3cccc([N+](=O)[O-])c3)cs2)c1. The molecule has 1 N–H and O–H groups in total. The zero-order valence-corrected chi connectivity index (χ0v) is 17.2. The number of amides is 1. The molecule has 0 radical (unpaired) electrons. The van der Waals surface area contributed by atoms with Crippen LogP contribution in [0.5, 0.6) is 0 Å². The largest absolute Gasteiger partial charge is 0.456 e. The Balaban J connectivity index is 1.55. The van der Waals surface area contributed by atoms with E-state index in [0.717, 1.165) is 22.9 Å². The van der Waals surface area contributed by atoms with Crippen LogP contribution in [0.3, 0.4) is 0 Å². The Kier molecular flexibility index (Phi) is 6.53. The Morgan fingerprint density at radius 1 is 1.20 bits per heavy atom. The van der Waals surface area contributed by atoms with Gasteiger partial charge in [-0.15, -0.1) is 11.3 Å². The second-order valence-corrected chi connectivity index (χ2v) is 7.60. The van der Waals surface area contributed by atoms with Crippen LogP contribution in [0, 0.1) is 24.0 Å². The minimum atomic E-state index is -0.680. The summed E-state index contributed by atoms with van der Waals surface area (Å²) in [5.74, 6) is -0.862. The van der Waals surface area contributed by atoms with E-state index in [1.165, 1.54) is 29.5 Å². The summed E-state index contributed by atoms with van der Waals surface area (Å²) in [6.07, 6.45) is 0.108. The molecule has 2 aromatic carbocycles. The first kappa shape index (κ1) is 21.1. The highest BCUT2D eigenvalue weighted by Gasteiger charge is 2.14. The summed E-state index contributed by atoms with van der Waals surface area (Å²) >= 11 is 1.30. The van der Waals surface area contributed by atoms with Crippen LogP contribution in [0.4, 0.5) is 11.4 Å². The van der Waals surface area contributed by atoms with Crippen LogP contribution in [0.2, 0.25) is 0 Å². The van der Waals surface area contributed by atoms with Crippen LogP contribution in [-0.2, 0) is 22.6 Å². The van der Waals surface area contributed by atoms with Crippen molar-refractivity contribution in [2.45, 2.75) is 26.9 Å². The number of carbonyl (C=O) groups excluding carboxylic acids is 2. The third-order valence-corrected chi connectivity index (χ3v) is 5.12. The van der Waals surface area contributed by atoms with Gasteiger partial charge in [-0.1, -0.05) is 18.2 Å². The Hall–Kier alpha value is -3.59. The van der Waals surface area contributed by atoms with Crippen molar-refractivity contribution in [2.75, 3.05) is 5.32 Å². The van der Waals surface area contributed by atoms with Crippen molar-refractivity contribution in [3.63, 3.8) is 0 Å². The molecule has 3 aromatic rings. The van der Waals surface area contributed by atoms with Gasteiger partial charge in [-0.25, -0.2) is 9.78 Å². The number of hydrogen-bond acceptors (Lipinski definition) is 7. The fourth-order valence-corrected chi connectivity index (χ4v) is 3.45. The summed E-state index contributed by atoms with van der Waals surface area (Å²) in [6, 6.07) is 11.2. The Labute approximate surface area is 176 Å². The van der Waals surface area contributed by atoms with E-state index in [1.54, 1.807) is 5.38 Å². The smallest absolute Gasteiger partial charge is 0.338 e. The van der Waals surface area contributed by atoms with Gasteiger partial charge < -0.3 is 10.1 Å². The summed E-state index contributed by atoms with van der Waals surface area (Å²) in [7, 11) is 0. The van der Waals surface area contributed by atoms with Gasteiger partial charge in [0, 0.05) is 23.2 Å². The number of nitro groups is 1. The van der Waals surface area contributed by atoms with Gasteiger partial charge in [0.2, 0.25) is 5.91 Å². The Morgan fingerprint density at radius 2 is 2.00 bits per heavy atom. The Morgan fingerprint density at radius 3 is 2.77 bits per heavy atom. The topological polar surface area (TPSA) is 111 Å². The van der Waals surface area contributed by atoms with Crippen LogP contribution < -0.4 is 5.32 Å². The molecule has 8 nitrogen and oxygen atoms in total. The highest BCUT2D eigenvalue weighted by atomic mass is 32.1. The molecule has 1 aromatic heterocycles. The first-order valence-electron chi connectivity index (χ1n) is 9.04. The molecule has 0 aliphatic carbocycles. The van der Waals surface area contributed by atoms with Crippen molar-refractivity contribution in [3.8, 4) is 0 Å². The highest BCUT2D eigenvalue weighted by molar-refractivity contribution is 7.09. The second-order valence-electron chi connectivity index (χ2n) is 6.66. The van der Waals surface area contributed by atoms with E-state index >= 15 is 0 Å². The van der Waals surface area contributed by atoms with E-state index in [9.17, 15) is 19.7 Å². The average molecular weight is 425 g/mol. The molecule has 0 saturated carbocycles. The summed E-state index contributed by atoms with van der Waals surface area (Å²) in [4.78, 5) is 39.0. The molecule has 3 rings (SSSR count). The predicted octanol–water partition coefficient (Wildman–Crippen LogP) is 4.21. The maximum absolute atomic E-state index is 12.3. The number of nitrogens with zero attached hydrogens (tertiary/aromatic N) is 2. The first-order valence-corrected chi connectivity index (χ1v) is 9.92. The van der Waals surface area contributed by atoms with Gasteiger partial charge >= 0.3 is 5.97 Å². The van der Waals surface area contributed by atoms with Gasteiger partial charge in [0.15, 0.2) is 0 Å². The van der Waals surface area contributed by atoms with E-state index in [0.29, 0.717) is 10.7 Å². The van der Waals surface area contributed by atoms with E-state index < -0.39 is 10.9 Å². The van der Waals surface area contributed by atoms with Crippen molar-refractivity contribution >= 4 is 34.6 Å². The molecule has 0 spiro atoms. The number of nitro benzene ring substituents is 1. The number of ether oxygens (including phenoxy) is 1. The van der Waals surface area contributed by atoms with Gasteiger partial charge in [-0.05, 0) is 37.1 Å². The van der Waals surface area contributed by atoms with E-state index in [1.807, 2.05) is 32.0 Å². The summed E-state index contributed by atoms with van der Waals surface area (Å²) in [5, 5.41) is 16.0. The van der Waals surface area contributed by atoms with Gasteiger partial charge in [0.25, 0.3) is 5.69 Å². The lowest BCUT2D eigenvalue weighted by Crippen LogP contribution is -2.15. The molecule has 0 fully saturated rings. The van der Waals surface area contributed by atoms with Crippen LogP contribution in [0.25, 0.3) is 0 Å². The lowest BCUT2D eigenvalue weighted by atomic mass is 10.1. The Bertz CT molecular complexity index is 1110. The third-order valence-electron chi connectivity index (χ3n) is 4.22. The fourth-order valence-electron chi connectivity index (χ4n) is 2.67. The molecule has 1 heterocycles. The van der Waals surface area contributed by atoms with Crippen molar-refractivity contribution in [3.05, 3.63) is 85.4 Å². The van der Waals surface area contributed by atoms with Gasteiger partial charge in [-0.2, -0.15) is 0 Å². The van der Waals surface area contributed by atoms with E-state index in [4.69, 9.17) is 4.74 Å². The quantitative estimate of drug-likeness (QED) is 0.345. The molecule has 30 heavy (non-hydrogen) atoms. The lowest BCUT2D eigenvalue weighted by molar-refractivity contribution is -0.384. The number of thiazole rings is 1. The maximum Gasteiger partial charge on any atom is 0.338 e.